The Morgan fingerprint density at radius 2 is 1.95 bits per heavy atom. The number of carbonyl (C=O) groups excluding carboxylic acids is 2. The first-order valence-electron chi connectivity index (χ1n) is 7.72. The molecule has 0 saturated heterocycles. The van der Waals surface area contributed by atoms with Crippen molar-refractivity contribution in [3.8, 4) is 0 Å². The number of allylic oxidation sites excluding steroid dienone is 1. The predicted molar refractivity (Wildman–Crippen MR) is 87.7 cm³/mol. The molecule has 116 valence electrons. The number of benzene rings is 1. The minimum absolute atomic E-state index is 0.0480. The maximum Gasteiger partial charge on any atom is 0.224 e. The first kappa shape index (κ1) is 14.8. The van der Waals surface area contributed by atoms with Crippen molar-refractivity contribution in [3.63, 3.8) is 0 Å². The number of hydrogen-bond acceptors (Lipinski definition) is 3. The predicted octanol–water partition coefficient (Wildman–Crippen LogP) is 3.50. The molecular formula is C18H22N2O2. The number of nitrogens with zero attached hydrogens (tertiary/aromatic N) is 1. The van der Waals surface area contributed by atoms with Gasteiger partial charge in [-0.05, 0) is 30.9 Å². The topological polar surface area (TPSA) is 49.4 Å². The van der Waals surface area contributed by atoms with E-state index in [-0.39, 0.29) is 23.1 Å². The van der Waals surface area contributed by atoms with Crippen molar-refractivity contribution in [2.24, 2.45) is 5.41 Å². The van der Waals surface area contributed by atoms with Crippen LogP contribution in [0.5, 0.6) is 0 Å². The van der Waals surface area contributed by atoms with Crippen molar-refractivity contribution in [2.45, 2.75) is 46.6 Å². The Bertz CT molecular complexity index is 688. The normalized spacial score (nSPS) is 23.4. The Kier molecular flexibility index (Phi) is 3.35. The molecule has 1 aromatic rings. The molecule has 0 saturated carbocycles. The quantitative estimate of drug-likeness (QED) is 0.797. The highest BCUT2D eigenvalue weighted by Crippen LogP contribution is 2.43. The van der Waals surface area contributed by atoms with E-state index in [1.807, 2.05) is 31.2 Å². The highest BCUT2D eigenvalue weighted by molar-refractivity contribution is 6.05. The van der Waals surface area contributed by atoms with Crippen LogP contribution in [0.15, 0.2) is 35.5 Å². The Morgan fingerprint density at radius 1 is 1.27 bits per heavy atom. The van der Waals surface area contributed by atoms with Gasteiger partial charge in [0.05, 0.1) is 17.4 Å². The zero-order valence-electron chi connectivity index (χ0n) is 13.6. The maximum absolute atomic E-state index is 12.7. The highest BCUT2D eigenvalue weighted by Gasteiger charge is 2.39. The third-order valence-corrected chi connectivity index (χ3v) is 4.51. The summed E-state index contributed by atoms with van der Waals surface area (Å²) < 4.78 is 0. The molecule has 4 nitrogen and oxygen atoms in total. The van der Waals surface area contributed by atoms with E-state index in [2.05, 4.69) is 19.2 Å². The number of nitrogens with one attached hydrogen (secondary N) is 1. The third-order valence-electron chi connectivity index (χ3n) is 4.51. The highest BCUT2D eigenvalue weighted by atomic mass is 16.2. The zero-order chi connectivity index (χ0) is 16.1. The molecule has 22 heavy (non-hydrogen) atoms. The van der Waals surface area contributed by atoms with Gasteiger partial charge in [-0.3, -0.25) is 9.59 Å². The largest absolute Gasteiger partial charge is 0.357 e. The Labute approximate surface area is 131 Å². The first-order chi connectivity index (χ1) is 10.3. The lowest BCUT2D eigenvalue weighted by atomic mass is 9.74. The number of hydrogen-bond donors (Lipinski definition) is 1. The number of rotatable bonds is 0. The van der Waals surface area contributed by atoms with Crippen molar-refractivity contribution in [2.75, 3.05) is 10.2 Å². The van der Waals surface area contributed by atoms with Crippen LogP contribution >= 0.6 is 0 Å². The Hall–Kier alpha value is -2.10. The minimum atomic E-state index is -0.243. The molecule has 2 aliphatic rings. The number of fused-ring (bicyclic) bond motifs is 1. The summed E-state index contributed by atoms with van der Waals surface area (Å²) in [6, 6.07) is 7.50. The zero-order valence-corrected chi connectivity index (χ0v) is 13.6. The maximum atomic E-state index is 12.7. The van der Waals surface area contributed by atoms with Crippen molar-refractivity contribution < 1.29 is 9.59 Å². The van der Waals surface area contributed by atoms with Crippen LogP contribution in [0.4, 0.5) is 11.4 Å². The average Bonchev–Trinajstić information content (AvgIpc) is 2.50. The van der Waals surface area contributed by atoms with E-state index >= 15 is 0 Å². The molecule has 0 aromatic heterocycles. The van der Waals surface area contributed by atoms with Crippen LogP contribution in [0.2, 0.25) is 0 Å². The average molecular weight is 298 g/mol. The van der Waals surface area contributed by atoms with Crippen LogP contribution in [-0.2, 0) is 9.59 Å². The molecule has 3 rings (SSSR count). The van der Waals surface area contributed by atoms with Gasteiger partial charge in [0, 0.05) is 24.6 Å². The summed E-state index contributed by atoms with van der Waals surface area (Å²) in [4.78, 5) is 26.6. The van der Waals surface area contributed by atoms with E-state index in [4.69, 9.17) is 0 Å². The van der Waals surface area contributed by atoms with Crippen LogP contribution in [0.3, 0.4) is 0 Å². The molecule has 0 fully saturated rings. The van der Waals surface area contributed by atoms with Crippen molar-refractivity contribution in [3.05, 3.63) is 35.5 Å². The minimum Gasteiger partial charge on any atom is -0.357 e. The summed E-state index contributed by atoms with van der Waals surface area (Å²) in [6.07, 6.45) is 1.35. The second-order valence-electron chi connectivity index (χ2n) is 7.04. The number of para-hydroxylation sites is 2. The van der Waals surface area contributed by atoms with Gasteiger partial charge in [-0.2, -0.15) is 0 Å². The van der Waals surface area contributed by atoms with Gasteiger partial charge in [0.2, 0.25) is 5.91 Å². The number of amides is 1. The van der Waals surface area contributed by atoms with Gasteiger partial charge >= 0.3 is 0 Å². The molecule has 1 aromatic carbocycles. The standard InChI is InChI=1S/C18H22N2O2/c1-11-17-14(9-18(3,4)10-16(17)22)19-13-7-5-6-8-15(13)20(11)12(2)21/h5-8,11,19H,9-10H2,1-4H3/t11-/m1/s1. The summed E-state index contributed by atoms with van der Waals surface area (Å²) in [5, 5.41) is 3.43. The molecule has 0 bridgehead atoms. The van der Waals surface area contributed by atoms with Crippen molar-refractivity contribution in [1.29, 1.82) is 0 Å². The van der Waals surface area contributed by atoms with E-state index in [1.54, 1.807) is 11.8 Å². The van der Waals surface area contributed by atoms with Crippen LogP contribution in [0.25, 0.3) is 0 Å². The fourth-order valence-electron chi connectivity index (χ4n) is 3.66. The lowest BCUT2D eigenvalue weighted by Gasteiger charge is -2.35. The van der Waals surface area contributed by atoms with Crippen LogP contribution < -0.4 is 10.2 Å². The van der Waals surface area contributed by atoms with Gasteiger partial charge < -0.3 is 10.2 Å². The number of ketones is 1. The molecular weight excluding hydrogens is 276 g/mol. The van der Waals surface area contributed by atoms with Gasteiger partial charge in [0.25, 0.3) is 0 Å². The lowest BCUT2D eigenvalue weighted by Crippen LogP contribution is -2.42. The monoisotopic (exact) mass is 298 g/mol. The third kappa shape index (κ3) is 2.32. The second-order valence-corrected chi connectivity index (χ2v) is 7.04. The van der Waals surface area contributed by atoms with E-state index in [0.29, 0.717) is 6.42 Å². The van der Waals surface area contributed by atoms with E-state index in [9.17, 15) is 9.59 Å². The molecule has 1 heterocycles. The van der Waals surface area contributed by atoms with Crippen LogP contribution in [-0.4, -0.2) is 17.7 Å². The Balaban J connectivity index is 2.19. The lowest BCUT2D eigenvalue weighted by molar-refractivity contribution is -0.118. The molecule has 1 aliphatic carbocycles. The summed E-state index contributed by atoms with van der Waals surface area (Å²) in [6.45, 7) is 7.72. The van der Waals surface area contributed by atoms with Gasteiger partial charge in [-0.25, -0.2) is 0 Å². The van der Waals surface area contributed by atoms with Gasteiger partial charge in [0.1, 0.15) is 0 Å². The van der Waals surface area contributed by atoms with Crippen molar-refractivity contribution >= 4 is 23.1 Å². The second kappa shape index (κ2) is 4.97. The summed E-state index contributed by atoms with van der Waals surface area (Å²) in [5.41, 5.74) is 3.39. The van der Waals surface area contributed by atoms with Gasteiger partial charge in [0.15, 0.2) is 5.78 Å². The summed E-state index contributed by atoms with van der Waals surface area (Å²) in [5.74, 6) is 0.0958. The molecule has 1 atom stereocenters. The van der Waals surface area contributed by atoms with E-state index < -0.39 is 0 Å². The fourth-order valence-corrected chi connectivity index (χ4v) is 3.66. The summed E-state index contributed by atoms with van der Waals surface area (Å²) in [7, 11) is 0. The molecule has 0 spiro atoms. The molecule has 1 N–H and O–H groups in total. The van der Waals surface area contributed by atoms with Crippen LogP contribution in [0.1, 0.15) is 40.5 Å². The van der Waals surface area contributed by atoms with Crippen LogP contribution in [0, 0.1) is 5.41 Å². The SMILES string of the molecule is CC(=O)N1c2ccccc2NC2=C(C(=O)CC(C)(C)C2)[C@H]1C. The number of anilines is 2. The smallest absolute Gasteiger partial charge is 0.224 e. The van der Waals surface area contributed by atoms with Gasteiger partial charge in [-0.15, -0.1) is 0 Å². The number of carbonyl (C=O) groups is 2. The molecule has 1 amide bonds. The molecule has 0 unspecified atom stereocenters. The first-order valence-corrected chi connectivity index (χ1v) is 7.72. The van der Waals surface area contributed by atoms with Gasteiger partial charge in [-0.1, -0.05) is 26.0 Å². The molecule has 4 heteroatoms. The van der Waals surface area contributed by atoms with Crippen molar-refractivity contribution in [1.82, 2.24) is 0 Å². The number of Topliss-reactive ketones (excluding diaryl/α,β-unsaturated/α-hetero) is 1. The Morgan fingerprint density at radius 3 is 2.64 bits per heavy atom. The molecule has 1 aliphatic heterocycles. The fraction of sp³-hybridized carbons (Fsp3) is 0.444. The summed E-state index contributed by atoms with van der Waals surface area (Å²) >= 11 is 0. The van der Waals surface area contributed by atoms with E-state index in [0.717, 1.165) is 29.1 Å². The van der Waals surface area contributed by atoms with E-state index in [1.165, 1.54) is 0 Å². The molecule has 0 radical (unpaired) electrons.